The smallest absolute Gasteiger partial charge is 0.0839 e. The Hall–Kier alpha value is -1.33. The average molecular weight is 230 g/mol. The van der Waals surface area contributed by atoms with Gasteiger partial charge in [-0.05, 0) is 26.0 Å². The first-order valence-electron chi connectivity index (χ1n) is 6.33. The highest BCUT2D eigenvalue weighted by atomic mass is 15.1. The number of benzene rings is 1. The summed E-state index contributed by atoms with van der Waals surface area (Å²) in [6, 6.07) is 13.0. The van der Waals surface area contributed by atoms with Gasteiger partial charge < -0.3 is 4.90 Å². The van der Waals surface area contributed by atoms with Crippen molar-refractivity contribution < 1.29 is 0 Å². The third-order valence-corrected chi connectivity index (χ3v) is 3.29. The molecule has 0 N–H and O–H groups in total. The summed E-state index contributed by atoms with van der Waals surface area (Å²) in [6.07, 6.45) is 2.37. The maximum absolute atomic E-state index is 9.26. The molecule has 92 valence electrons. The van der Waals surface area contributed by atoms with Crippen molar-refractivity contribution in [1.82, 2.24) is 4.90 Å². The van der Waals surface area contributed by atoms with Crippen LogP contribution in [-0.2, 0) is 0 Å². The molecule has 2 atom stereocenters. The van der Waals surface area contributed by atoms with Gasteiger partial charge >= 0.3 is 0 Å². The zero-order chi connectivity index (χ0) is 12.7. The van der Waals surface area contributed by atoms with E-state index in [1.54, 1.807) is 0 Å². The Morgan fingerprint density at radius 1 is 1.29 bits per heavy atom. The van der Waals surface area contributed by atoms with Gasteiger partial charge in [0.15, 0.2) is 0 Å². The fourth-order valence-electron chi connectivity index (χ4n) is 2.01. The van der Waals surface area contributed by atoms with Gasteiger partial charge in [-0.2, -0.15) is 5.26 Å². The lowest BCUT2D eigenvalue weighted by Crippen LogP contribution is -2.32. The minimum absolute atomic E-state index is 0.0273. The Labute approximate surface area is 105 Å². The average Bonchev–Trinajstić information content (AvgIpc) is 2.37. The molecule has 2 nitrogen and oxygen atoms in total. The van der Waals surface area contributed by atoms with Crippen LogP contribution >= 0.6 is 0 Å². The van der Waals surface area contributed by atoms with E-state index < -0.39 is 0 Å². The lowest BCUT2D eigenvalue weighted by Gasteiger charge is -2.26. The fraction of sp³-hybridized carbons (Fsp3) is 0.533. The third kappa shape index (κ3) is 4.20. The van der Waals surface area contributed by atoms with E-state index in [9.17, 15) is 5.26 Å². The maximum atomic E-state index is 9.26. The summed E-state index contributed by atoms with van der Waals surface area (Å²) in [4.78, 5) is 2.28. The fourth-order valence-corrected chi connectivity index (χ4v) is 2.01. The van der Waals surface area contributed by atoms with Crippen molar-refractivity contribution in [3.05, 3.63) is 35.9 Å². The molecule has 0 aliphatic heterocycles. The minimum Gasteiger partial charge on any atom is -0.302 e. The van der Waals surface area contributed by atoms with E-state index in [4.69, 9.17) is 0 Å². The summed E-state index contributed by atoms with van der Waals surface area (Å²) in [5, 5.41) is 9.26. The minimum atomic E-state index is -0.0273. The number of hydrogen-bond acceptors (Lipinski definition) is 2. The standard InChI is InChI=1S/C15H22N2/c1-4-8-13(2)17(3)12-15(11-16)14-9-6-5-7-10-14/h5-7,9-10,13,15H,4,8,12H2,1-3H3. The molecule has 0 radical (unpaired) electrons. The Balaban J connectivity index is 2.62. The first-order chi connectivity index (χ1) is 8.19. The number of likely N-dealkylation sites (N-methyl/N-ethyl adjacent to an activating group) is 1. The molecule has 0 bridgehead atoms. The van der Waals surface area contributed by atoms with Crippen molar-refractivity contribution in [2.45, 2.75) is 38.6 Å². The summed E-state index contributed by atoms with van der Waals surface area (Å²) >= 11 is 0. The molecule has 1 rings (SSSR count). The van der Waals surface area contributed by atoms with E-state index >= 15 is 0 Å². The van der Waals surface area contributed by atoms with Gasteiger partial charge in [-0.3, -0.25) is 0 Å². The van der Waals surface area contributed by atoms with Gasteiger partial charge in [-0.25, -0.2) is 0 Å². The molecule has 2 heteroatoms. The molecule has 0 spiro atoms. The van der Waals surface area contributed by atoms with Crippen LogP contribution in [0.2, 0.25) is 0 Å². The first kappa shape index (κ1) is 13.7. The van der Waals surface area contributed by atoms with Crippen molar-refractivity contribution in [2.24, 2.45) is 0 Å². The molecule has 1 aromatic rings. The van der Waals surface area contributed by atoms with Crippen molar-refractivity contribution in [3.8, 4) is 6.07 Å². The van der Waals surface area contributed by atoms with Gasteiger partial charge in [0.1, 0.15) is 0 Å². The molecule has 0 heterocycles. The first-order valence-corrected chi connectivity index (χ1v) is 6.33. The lowest BCUT2D eigenvalue weighted by atomic mass is 9.99. The van der Waals surface area contributed by atoms with Crippen molar-refractivity contribution in [3.63, 3.8) is 0 Å². The monoisotopic (exact) mass is 230 g/mol. The maximum Gasteiger partial charge on any atom is 0.0839 e. The quantitative estimate of drug-likeness (QED) is 0.748. The molecular weight excluding hydrogens is 208 g/mol. The SMILES string of the molecule is CCCC(C)N(C)CC(C#N)c1ccccc1. The topological polar surface area (TPSA) is 27.0 Å². The summed E-state index contributed by atoms with van der Waals surface area (Å²) in [6.45, 7) is 5.23. The van der Waals surface area contributed by atoms with Gasteiger partial charge in [0.2, 0.25) is 0 Å². The van der Waals surface area contributed by atoms with Crippen LogP contribution in [0.4, 0.5) is 0 Å². The van der Waals surface area contributed by atoms with Crippen molar-refractivity contribution in [2.75, 3.05) is 13.6 Å². The van der Waals surface area contributed by atoms with Gasteiger partial charge in [-0.1, -0.05) is 43.7 Å². The second-order valence-electron chi connectivity index (χ2n) is 4.67. The van der Waals surface area contributed by atoms with E-state index in [0.29, 0.717) is 6.04 Å². The zero-order valence-corrected chi connectivity index (χ0v) is 11.1. The molecule has 0 aliphatic rings. The van der Waals surface area contributed by atoms with Crippen LogP contribution in [-0.4, -0.2) is 24.5 Å². The summed E-state index contributed by atoms with van der Waals surface area (Å²) < 4.78 is 0. The summed E-state index contributed by atoms with van der Waals surface area (Å²) in [5.41, 5.74) is 1.12. The summed E-state index contributed by atoms with van der Waals surface area (Å²) in [5.74, 6) is -0.0273. The molecular formula is C15H22N2. The van der Waals surface area contributed by atoms with Crippen LogP contribution in [0.25, 0.3) is 0 Å². The highest BCUT2D eigenvalue weighted by Gasteiger charge is 2.16. The molecule has 0 saturated heterocycles. The molecule has 0 aliphatic carbocycles. The number of rotatable bonds is 6. The van der Waals surface area contributed by atoms with Crippen LogP contribution < -0.4 is 0 Å². The van der Waals surface area contributed by atoms with Gasteiger partial charge in [0.25, 0.3) is 0 Å². The van der Waals surface area contributed by atoms with E-state index in [2.05, 4.69) is 31.9 Å². The Morgan fingerprint density at radius 2 is 1.94 bits per heavy atom. The molecule has 2 unspecified atom stereocenters. The van der Waals surface area contributed by atoms with E-state index in [1.165, 1.54) is 12.8 Å². The van der Waals surface area contributed by atoms with Gasteiger partial charge in [-0.15, -0.1) is 0 Å². The van der Waals surface area contributed by atoms with Crippen LogP contribution in [0, 0.1) is 11.3 Å². The van der Waals surface area contributed by atoms with Gasteiger partial charge in [0, 0.05) is 12.6 Å². The molecule has 1 aromatic carbocycles. The molecule has 0 aromatic heterocycles. The third-order valence-electron chi connectivity index (χ3n) is 3.29. The summed E-state index contributed by atoms with van der Waals surface area (Å²) in [7, 11) is 2.10. The van der Waals surface area contributed by atoms with Crippen molar-refractivity contribution in [1.29, 1.82) is 5.26 Å². The highest BCUT2D eigenvalue weighted by Crippen LogP contribution is 2.17. The van der Waals surface area contributed by atoms with Crippen LogP contribution in [0.5, 0.6) is 0 Å². The lowest BCUT2D eigenvalue weighted by molar-refractivity contribution is 0.240. The molecule has 0 amide bonds. The van der Waals surface area contributed by atoms with E-state index in [0.717, 1.165) is 12.1 Å². The largest absolute Gasteiger partial charge is 0.302 e. The number of nitrogens with zero attached hydrogens (tertiary/aromatic N) is 2. The second-order valence-corrected chi connectivity index (χ2v) is 4.67. The predicted octanol–water partition coefficient (Wildman–Crippen LogP) is 3.41. The zero-order valence-electron chi connectivity index (χ0n) is 11.1. The molecule has 0 fully saturated rings. The number of hydrogen-bond donors (Lipinski definition) is 0. The van der Waals surface area contributed by atoms with Crippen LogP contribution in [0.15, 0.2) is 30.3 Å². The Kier molecular flexibility index (Phi) is 5.72. The Bertz CT molecular complexity index is 353. The number of nitriles is 1. The molecule has 17 heavy (non-hydrogen) atoms. The highest BCUT2D eigenvalue weighted by molar-refractivity contribution is 5.25. The van der Waals surface area contributed by atoms with Crippen LogP contribution in [0.3, 0.4) is 0 Å². The predicted molar refractivity (Wildman–Crippen MR) is 71.8 cm³/mol. The molecule has 0 saturated carbocycles. The van der Waals surface area contributed by atoms with Crippen molar-refractivity contribution >= 4 is 0 Å². The normalized spacial score (nSPS) is 14.3. The van der Waals surface area contributed by atoms with Gasteiger partial charge in [0.05, 0.1) is 12.0 Å². The second kappa shape index (κ2) is 7.09. The Morgan fingerprint density at radius 3 is 2.47 bits per heavy atom. The van der Waals surface area contributed by atoms with E-state index in [-0.39, 0.29) is 5.92 Å². The van der Waals surface area contributed by atoms with Crippen LogP contribution in [0.1, 0.15) is 38.2 Å². The van der Waals surface area contributed by atoms with E-state index in [1.807, 2.05) is 30.3 Å².